The molecule has 60 valence electrons. The van der Waals surface area contributed by atoms with Crippen LogP contribution in [0.25, 0.3) is 0 Å². The summed E-state index contributed by atoms with van der Waals surface area (Å²) in [5.41, 5.74) is 1.22. The molecular weight excluding hydrogens is 251 g/mol. The van der Waals surface area contributed by atoms with Crippen molar-refractivity contribution in [2.75, 3.05) is 0 Å². The van der Waals surface area contributed by atoms with Gasteiger partial charge < -0.3 is 5.11 Å². The number of allylic oxidation sites excluding steroid dienone is 1. The quantitative estimate of drug-likeness (QED) is 0.641. The summed E-state index contributed by atoms with van der Waals surface area (Å²) in [5, 5.41) is 8.35. The van der Waals surface area contributed by atoms with Crippen molar-refractivity contribution < 1.29 is 5.11 Å². The van der Waals surface area contributed by atoms with Gasteiger partial charge in [0, 0.05) is 0 Å². The molecule has 1 rings (SSSR count). The van der Waals surface area contributed by atoms with Crippen LogP contribution in [0.5, 0.6) is 0 Å². The predicted molar refractivity (Wildman–Crippen MR) is 57.3 cm³/mol. The van der Waals surface area contributed by atoms with E-state index >= 15 is 0 Å². The lowest BCUT2D eigenvalue weighted by molar-refractivity contribution is 0.471. The topological polar surface area (TPSA) is 20.2 Å². The van der Waals surface area contributed by atoms with Gasteiger partial charge >= 0.3 is 0 Å². The minimum absolute atomic E-state index is 0. The van der Waals surface area contributed by atoms with Crippen LogP contribution in [-0.2, 0) is 6.42 Å². The number of halogens is 1. The lowest BCUT2D eigenvalue weighted by atomic mass is 10.2. The molecule has 0 radical (unpaired) electrons. The van der Waals surface area contributed by atoms with E-state index in [0.717, 1.165) is 12.7 Å². The van der Waals surface area contributed by atoms with Crippen molar-refractivity contribution in [1.29, 1.82) is 0 Å². The molecule has 2 heteroatoms. The summed E-state index contributed by atoms with van der Waals surface area (Å²) in [6, 6.07) is 10.0. The molecular formula is C9H11IO. The molecule has 1 N–H and O–H groups in total. The first-order chi connectivity index (χ1) is 4.93. The van der Waals surface area contributed by atoms with Crippen LogP contribution >= 0.6 is 24.0 Å². The fourth-order valence-electron chi connectivity index (χ4n) is 0.803. The van der Waals surface area contributed by atoms with Gasteiger partial charge in [-0.25, -0.2) is 0 Å². The Labute approximate surface area is 83.8 Å². The third-order valence-electron chi connectivity index (χ3n) is 1.30. The van der Waals surface area contributed by atoms with Crippen molar-refractivity contribution in [3.05, 3.63) is 48.2 Å². The van der Waals surface area contributed by atoms with Crippen molar-refractivity contribution >= 4 is 24.0 Å². The van der Waals surface area contributed by atoms with E-state index in [2.05, 4.69) is 0 Å². The molecule has 0 saturated heterocycles. The second kappa shape index (κ2) is 6.22. The first-order valence-corrected chi connectivity index (χ1v) is 3.26. The van der Waals surface area contributed by atoms with Gasteiger partial charge in [-0.15, -0.1) is 24.0 Å². The predicted octanol–water partition coefficient (Wildman–Crippen LogP) is 2.92. The molecule has 0 fully saturated rings. The number of benzene rings is 1. The van der Waals surface area contributed by atoms with E-state index in [0.29, 0.717) is 0 Å². The highest BCUT2D eigenvalue weighted by Gasteiger charge is 1.83. The minimum Gasteiger partial charge on any atom is -0.516 e. The molecule has 0 aromatic heterocycles. The van der Waals surface area contributed by atoms with Gasteiger partial charge in [0.05, 0.1) is 6.26 Å². The third-order valence-corrected chi connectivity index (χ3v) is 1.30. The highest BCUT2D eigenvalue weighted by atomic mass is 127. The summed E-state index contributed by atoms with van der Waals surface area (Å²) in [6.07, 6.45) is 3.60. The molecule has 1 aromatic rings. The van der Waals surface area contributed by atoms with Gasteiger partial charge in [-0.2, -0.15) is 0 Å². The Kier molecular flexibility index (Phi) is 5.93. The third kappa shape index (κ3) is 4.03. The Morgan fingerprint density at radius 3 is 2.36 bits per heavy atom. The minimum atomic E-state index is 0. The molecule has 0 aliphatic carbocycles. The summed E-state index contributed by atoms with van der Waals surface area (Å²) in [4.78, 5) is 0. The smallest absolute Gasteiger partial charge is 0.0755 e. The van der Waals surface area contributed by atoms with Crippen LogP contribution in [0, 0.1) is 0 Å². The number of aliphatic hydroxyl groups excluding tert-OH is 1. The second-order valence-electron chi connectivity index (χ2n) is 2.07. The van der Waals surface area contributed by atoms with Crippen LogP contribution in [0.3, 0.4) is 0 Å². The van der Waals surface area contributed by atoms with Gasteiger partial charge in [-0.3, -0.25) is 0 Å². The first-order valence-electron chi connectivity index (χ1n) is 3.26. The Morgan fingerprint density at radius 2 is 1.82 bits per heavy atom. The average Bonchev–Trinajstić information content (AvgIpc) is 2.03. The van der Waals surface area contributed by atoms with E-state index < -0.39 is 0 Å². The van der Waals surface area contributed by atoms with E-state index in [4.69, 9.17) is 5.11 Å². The Bertz CT molecular complexity index is 206. The molecule has 0 unspecified atom stereocenters. The average molecular weight is 262 g/mol. The zero-order chi connectivity index (χ0) is 7.23. The van der Waals surface area contributed by atoms with E-state index in [1.165, 1.54) is 5.56 Å². The van der Waals surface area contributed by atoms with Crippen LogP contribution < -0.4 is 0 Å². The Morgan fingerprint density at radius 1 is 1.18 bits per heavy atom. The van der Waals surface area contributed by atoms with Gasteiger partial charge in [0.15, 0.2) is 0 Å². The second-order valence-corrected chi connectivity index (χ2v) is 2.07. The molecule has 1 aromatic carbocycles. The van der Waals surface area contributed by atoms with Crippen molar-refractivity contribution in [1.82, 2.24) is 0 Å². The molecule has 0 spiro atoms. The zero-order valence-corrected chi connectivity index (χ0v) is 8.43. The summed E-state index contributed by atoms with van der Waals surface area (Å²) in [7, 11) is 0. The van der Waals surface area contributed by atoms with Crippen LogP contribution in [0.15, 0.2) is 42.7 Å². The fraction of sp³-hybridized carbons (Fsp3) is 0.111. The molecule has 0 heterocycles. The lowest BCUT2D eigenvalue weighted by Gasteiger charge is -1.91. The highest BCUT2D eigenvalue weighted by Crippen LogP contribution is 1.99. The molecule has 0 saturated carbocycles. The summed E-state index contributed by atoms with van der Waals surface area (Å²) in [5.74, 6) is 0. The van der Waals surface area contributed by atoms with E-state index in [-0.39, 0.29) is 24.0 Å². The Balaban J connectivity index is 0.000001000. The first kappa shape index (κ1) is 10.5. The maximum atomic E-state index is 8.35. The standard InChI is InChI=1S/C9H10O.HI/c10-8-4-7-9-5-2-1-3-6-9;/h1-6,8,10H,7H2;1H/b8-4-;. The normalized spacial score (nSPS) is 9.45. The SMILES string of the molecule is I.O/C=C\Cc1ccccc1. The van der Waals surface area contributed by atoms with Gasteiger partial charge in [-0.05, 0) is 18.1 Å². The number of hydrogen-bond acceptors (Lipinski definition) is 1. The largest absolute Gasteiger partial charge is 0.516 e. The van der Waals surface area contributed by atoms with E-state index in [9.17, 15) is 0 Å². The Hall–Kier alpha value is -0.510. The summed E-state index contributed by atoms with van der Waals surface area (Å²) in [6.45, 7) is 0. The molecule has 0 atom stereocenters. The number of hydrogen-bond donors (Lipinski definition) is 1. The number of rotatable bonds is 2. The number of aliphatic hydroxyl groups is 1. The maximum Gasteiger partial charge on any atom is 0.0755 e. The highest BCUT2D eigenvalue weighted by molar-refractivity contribution is 14.0. The van der Waals surface area contributed by atoms with Crippen molar-refractivity contribution in [2.45, 2.75) is 6.42 Å². The van der Waals surface area contributed by atoms with Gasteiger partial charge in [0.25, 0.3) is 0 Å². The molecule has 11 heavy (non-hydrogen) atoms. The maximum absolute atomic E-state index is 8.35. The van der Waals surface area contributed by atoms with Crippen molar-refractivity contribution in [2.24, 2.45) is 0 Å². The van der Waals surface area contributed by atoms with Gasteiger partial charge in [0.2, 0.25) is 0 Å². The molecule has 0 aliphatic heterocycles. The molecule has 0 bridgehead atoms. The lowest BCUT2D eigenvalue weighted by Crippen LogP contribution is -1.77. The molecule has 0 aliphatic rings. The molecule has 1 nitrogen and oxygen atoms in total. The van der Waals surface area contributed by atoms with Gasteiger partial charge in [0.1, 0.15) is 0 Å². The van der Waals surface area contributed by atoms with Crippen LogP contribution in [0.2, 0.25) is 0 Å². The van der Waals surface area contributed by atoms with E-state index in [1.54, 1.807) is 6.08 Å². The zero-order valence-electron chi connectivity index (χ0n) is 6.10. The van der Waals surface area contributed by atoms with Crippen LogP contribution in [-0.4, -0.2) is 5.11 Å². The van der Waals surface area contributed by atoms with E-state index in [1.807, 2.05) is 30.3 Å². The van der Waals surface area contributed by atoms with Crippen LogP contribution in [0.4, 0.5) is 0 Å². The van der Waals surface area contributed by atoms with Crippen molar-refractivity contribution in [3.8, 4) is 0 Å². The van der Waals surface area contributed by atoms with Crippen LogP contribution in [0.1, 0.15) is 5.56 Å². The summed E-state index contributed by atoms with van der Waals surface area (Å²) >= 11 is 0. The summed E-state index contributed by atoms with van der Waals surface area (Å²) < 4.78 is 0. The molecule has 0 amide bonds. The monoisotopic (exact) mass is 262 g/mol. The van der Waals surface area contributed by atoms with Gasteiger partial charge in [-0.1, -0.05) is 30.3 Å². The fourth-order valence-corrected chi connectivity index (χ4v) is 0.803. The van der Waals surface area contributed by atoms with Crippen molar-refractivity contribution in [3.63, 3.8) is 0 Å².